The third-order valence-corrected chi connectivity index (χ3v) is 5.89. The number of epoxide rings is 1. The highest BCUT2D eigenvalue weighted by Crippen LogP contribution is 2.19. The molecule has 1 heterocycles. The molecule has 0 saturated carbocycles. The fourth-order valence-corrected chi connectivity index (χ4v) is 3.81. The maximum absolute atomic E-state index is 9.57. The van der Waals surface area contributed by atoms with E-state index in [4.69, 9.17) is 0 Å². The van der Waals surface area contributed by atoms with Crippen molar-refractivity contribution in [2.75, 3.05) is 19.8 Å². The molecule has 170 valence electrons. The van der Waals surface area contributed by atoms with Crippen LogP contribution < -0.4 is 0 Å². The van der Waals surface area contributed by atoms with E-state index in [-0.39, 0.29) is 0 Å². The molecule has 0 aliphatic carbocycles. The number of hydrogen-bond donors (Lipinski definition) is 1. The Morgan fingerprint density at radius 2 is 0.821 bits per heavy atom. The van der Waals surface area contributed by atoms with Crippen LogP contribution in [0.25, 0.3) is 0 Å². The number of hydrogen-bond acceptors (Lipinski definition) is 2. The smallest absolute Gasteiger partial charge is 0.0701 e. The van der Waals surface area contributed by atoms with Gasteiger partial charge in [0.15, 0.2) is 0 Å². The minimum Gasteiger partial charge on any atom is -0.396 e. The van der Waals surface area contributed by atoms with E-state index < -0.39 is 0 Å². The van der Waals surface area contributed by atoms with Gasteiger partial charge in [0.25, 0.3) is 0 Å². The first-order valence-corrected chi connectivity index (χ1v) is 13.0. The van der Waals surface area contributed by atoms with Crippen molar-refractivity contribution in [3.8, 4) is 0 Å². The predicted molar refractivity (Wildman–Crippen MR) is 125 cm³/mol. The molecule has 1 aliphatic heterocycles. The van der Waals surface area contributed by atoms with Crippen molar-refractivity contribution in [2.24, 2.45) is 5.92 Å². The Bertz CT molecular complexity index is 262. The molecule has 0 aromatic rings. The maximum Gasteiger partial charge on any atom is 0.0701 e. The number of unbranched alkanes of at least 4 members (excludes halogenated alkanes) is 16. The molecule has 0 radical (unpaired) electrons. The number of ether oxygens (including phenoxy) is 1. The molecule has 1 fully saturated rings. The molecular formula is C26H54O2. The lowest BCUT2D eigenvalue weighted by Crippen LogP contribution is -2.06. The summed E-state index contributed by atoms with van der Waals surface area (Å²) in [5, 5.41) is 9.57. The number of rotatable bonds is 21. The molecule has 1 rings (SSSR count). The highest BCUT2D eigenvalue weighted by Gasteiger charge is 2.07. The second kappa shape index (κ2) is 25.0. The normalized spacial score (nSPS) is 13.8. The standard InChI is InChI=1S/C24H50O.C2H4O/c1-3-5-7-9-11-13-14-16-18-20-22-24(23-25)21-19-17-15-12-10-8-6-4-2;1-2-3-1/h24-25H,3-23H2,1-2H3;1-2H2. The van der Waals surface area contributed by atoms with E-state index in [0.29, 0.717) is 12.5 Å². The van der Waals surface area contributed by atoms with Gasteiger partial charge in [0.05, 0.1) is 13.2 Å². The molecular weight excluding hydrogens is 344 g/mol. The van der Waals surface area contributed by atoms with E-state index in [0.717, 1.165) is 13.2 Å². The molecule has 1 N–H and O–H groups in total. The Morgan fingerprint density at radius 1 is 0.536 bits per heavy atom. The van der Waals surface area contributed by atoms with E-state index >= 15 is 0 Å². The summed E-state index contributed by atoms with van der Waals surface area (Å²) in [6, 6.07) is 0. The van der Waals surface area contributed by atoms with Crippen molar-refractivity contribution in [1.82, 2.24) is 0 Å². The van der Waals surface area contributed by atoms with Crippen LogP contribution in [0.5, 0.6) is 0 Å². The van der Waals surface area contributed by atoms with E-state index in [2.05, 4.69) is 18.6 Å². The zero-order chi connectivity index (χ0) is 20.5. The van der Waals surface area contributed by atoms with Crippen LogP contribution in [-0.2, 0) is 4.74 Å². The van der Waals surface area contributed by atoms with Crippen LogP contribution in [0.15, 0.2) is 0 Å². The molecule has 2 nitrogen and oxygen atoms in total. The average Bonchev–Trinajstić information content (AvgIpc) is 3.59. The SMILES string of the molecule is C1CO1.CCCCCCCCCCCCC(CO)CCCCCCCCCC. The fourth-order valence-electron chi connectivity index (χ4n) is 3.81. The van der Waals surface area contributed by atoms with Crippen molar-refractivity contribution in [3.05, 3.63) is 0 Å². The highest BCUT2D eigenvalue weighted by molar-refractivity contribution is 4.59. The van der Waals surface area contributed by atoms with Gasteiger partial charge in [0, 0.05) is 6.61 Å². The van der Waals surface area contributed by atoms with Crippen molar-refractivity contribution >= 4 is 0 Å². The quantitative estimate of drug-likeness (QED) is 0.155. The van der Waals surface area contributed by atoms with Gasteiger partial charge in [-0.15, -0.1) is 0 Å². The Kier molecular flexibility index (Phi) is 24.9. The summed E-state index contributed by atoms with van der Waals surface area (Å²) in [4.78, 5) is 0. The van der Waals surface area contributed by atoms with Gasteiger partial charge in [0.1, 0.15) is 0 Å². The summed E-state index contributed by atoms with van der Waals surface area (Å²) in [5.74, 6) is 0.578. The van der Waals surface area contributed by atoms with E-state index in [1.54, 1.807) is 0 Å². The Balaban J connectivity index is 0.00000219. The van der Waals surface area contributed by atoms with E-state index in [9.17, 15) is 5.11 Å². The largest absolute Gasteiger partial charge is 0.396 e. The van der Waals surface area contributed by atoms with Crippen LogP contribution in [0, 0.1) is 5.92 Å². The second-order valence-corrected chi connectivity index (χ2v) is 8.90. The number of aliphatic hydroxyl groups excluding tert-OH is 1. The van der Waals surface area contributed by atoms with E-state index in [1.807, 2.05) is 0 Å². The molecule has 28 heavy (non-hydrogen) atoms. The van der Waals surface area contributed by atoms with Crippen molar-refractivity contribution < 1.29 is 9.84 Å². The molecule has 1 atom stereocenters. The third-order valence-electron chi connectivity index (χ3n) is 5.89. The summed E-state index contributed by atoms with van der Waals surface area (Å²) in [6.45, 7) is 6.98. The van der Waals surface area contributed by atoms with Gasteiger partial charge < -0.3 is 9.84 Å². The van der Waals surface area contributed by atoms with Gasteiger partial charge in [0.2, 0.25) is 0 Å². The highest BCUT2D eigenvalue weighted by atomic mass is 16.6. The van der Waals surface area contributed by atoms with E-state index in [1.165, 1.54) is 128 Å². The maximum atomic E-state index is 9.57. The van der Waals surface area contributed by atoms with Crippen molar-refractivity contribution in [1.29, 1.82) is 0 Å². The van der Waals surface area contributed by atoms with Crippen molar-refractivity contribution in [3.63, 3.8) is 0 Å². The van der Waals surface area contributed by atoms with Gasteiger partial charge in [-0.05, 0) is 18.8 Å². The van der Waals surface area contributed by atoms with Crippen LogP contribution >= 0.6 is 0 Å². The molecule has 0 aromatic carbocycles. The van der Waals surface area contributed by atoms with Gasteiger partial charge in [-0.1, -0.05) is 129 Å². The molecule has 1 saturated heterocycles. The van der Waals surface area contributed by atoms with Crippen LogP contribution in [0.4, 0.5) is 0 Å². The topological polar surface area (TPSA) is 32.8 Å². The molecule has 2 heteroatoms. The zero-order valence-corrected chi connectivity index (χ0v) is 19.7. The molecule has 0 amide bonds. The lowest BCUT2D eigenvalue weighted by molar-refractivity contribution is 0.204. The second-order valence-electron chi connectivity index (χ2n) is 8.90. The lowest BCUT2D eigenvalue weighted by Gasteiger charge is -2.13. The fraction of sp³-hybridized carbons (Fsp3) is 1.00. The Hall–Kier alpha value is -0.0800. The first-order valence-electron chi connectivity index (χ1n) is 13.0. The van der Waals surface area contributed by atoms with Gasteiger partial charge >= 0.3 is 0 Å². The summed E-state index contributed by atoms with van der Waals surface area (Å²) < 4.78 is 4.50. The Labute approximate surface area is 178 Å². The first kappa shape index (κ1) is 27.9. The number of aliphatic hydroxyl groups is 1. The van der Waals surface area contributed by atoms with Crippen LogP contribution in [-0.4, -0.2) is 24.9 Å². The predicted octanol–water partition coefficient (Wildman–Crippen LogP) is 8.45. The van der Waals surface area contributed by atoms with Crippen LogP contribution in [0.1, 0.15) is 142 Å². The summed E-state index contributed by atoms with van der Waals surface area (Å²) in [6.07, 6.45) is 27.7. The van der Waals surface area contributed by atoms with Crippen LogP contribution in [0.2, 0.25) is 0 Å². The molecule has 0 bridgehead atoms. The summed E-state index contributed by atoms with van der Waals surface area (Å²) >= 11 is 0. The van der Waals surface area contributed by atoms with Gasteiger partial charge in [-0.25, -0.2) is 0 Å². The van der Waals surface area contributed by atoms with Crippen molar-refractivity contribution in [2.45, 2.75) is 142 Å². The lowest BCUT2D eigenvalue weighted by atomic mass is 9.94. The summed E-state index contributed by atoms with van der Waals surface area (Å²) in [7, 11) is 0. The molecule has 1 aliphatic rings. The minimum absolute atomic E-state index is 0.411. The zero-order valence-electron chi connectivity index (χ0n) is 19.7. The van der Waals surface area contributed by atoms with Gasteiger partial charge in [-0.3, -0.25) is 0 Å². The van der Waals surface area contributed by atoms with Gasteiger partial charge in [-0.2, -0.15) is 0 Å². The Morgan fingerprint density at radius 3 is 1.07 bits per heavy atom. The third kappa shape index (κ3) is 25.9. The molecule has 1 unspecified atom stereocenters. The first-order chi connectivity index (χ1) is 13.8. The van der Waals surface area contributed by atoms with Crippen LogP contribution in [0.3, 0.4) is 0 Å². The summed E-state index contributed by atoms with van der Waals surface area (Å²) in [5.41, 5.74) is 0. The molecule has 0 spiro atoms. The molecule has 0 aromatic heterocycles. The minimum atomic E-state index is 0.411. The monoisotopic (exact) mass is 398 g/mol. The average molecular weight is 399 g/mol.